The molecular weight excluding hydrogens is 236 g/mol. The van der Waals surface area contributed by atoms with Gasteiger partial charge in [0.2, 0.25) is 5.28 Å². The predicted molar refractivity (Wildman–Crippen MR) is 68.7 cm³/mol. The first-order valence-corrected chi connectivity index (χ1v) is 5.47. The molecule has 0 fully saturated rings. The summed E-state index contributed by atoms with van der Waals surface area (Å²) in [5.41, 5.74) is 8.68. The van der Waals surface area contributed by atoms with E-state index in [-0.39, 0.29) is 5.28 Å². The van der Waals surface area contributed by atoms with Crippen molar-refractivity contribution in [1.82, 2.24) is 15.0 Å². The first-order chi connectivity index (χ1) is 8.24. The second-order valence-electron chi connectivity index (χ2n) is 3.72. The molecule has 5 heteroatoms. The molecule has 0 radical (unpaired) electrons. The number of nitrogens with two attached hydrogens (primary N) is 1. The highest BCUT2D eigenvalue weighted by atomic mass is 35.5. The SMILES string of the molecule is Nc1nc(Cl)ncc1-c1ccc2[nH]ccc2c1. The van der Waals surface area contributed by atoms with Crippen molar-refractivity contribution in [3.63, 3.8) is 0 Å². The first kappa shape index (κ1) is 10.1. The van der Waals surface area contributed by atoms with Crippen molar-refractivity contribution < 1.29 is 0 Å². The molecule has 0 amide bonds. The molecule has 2 aromatic heterocycles. The zero-order valence-corrected chi connectivity index (χ0v) is 9.57. The van der Waals surface area contributed by atoms with Gasteiger partial charge in [0.1, 0.15) is 5.82 Å². The summed E-state index contributed by atoms with van der Waals surface area (Å²) in [6.07, 6.45) is 3.54. The second kappa shape index (κ2) is 3.75. The van der Waals surface area contributed by atoms with E-state index in [0.29, 0.717) is 5.82 Å². The lowest BCUT2D eigenvalue weighted by Gasteiger charge is -2.04. The van der Waals surface area contributed by atoms with Crippen LogP contribution in [0.4, 0.5) is 5.82 Å². The molecule has 0 saturated heterocycles. The van der Waals surface area contributed by atoms with Gasteiger partial charge in [-0.2, -0.15) is 0 Å². The normalized spacial score (nSPS) is 10.9. The maximum Gasteiger partial charge on any atom is 0.224 e. The Morgan fingerprint density at radius 3 is 2.94 bits per heavy atom. The van der Waals surface area contributed by atoms with Gasteiger partial charge in [0.25, 0.3) is 0 Å². The van der Waals surface area contributed by atoms with Crippen LogP contribution in [-0.2, 0) is 0 Å². The van der Waals surface area contributed by atoms with Crippen molar-refractivity contribution in [3.8, 4) is 11.1 Å². The minimum atomic E-state index is 0.161. The average Bonchev–Trinajstić information content (AvgIpc) is 2.75. The highest BCUT2D eigenvalue weighted by Gasteiger charge is 2.06. The Balaban J connectivity index is 2.19. The van der Waals surface area contributed by atoms with Gasteiger partial charge in [-0.15, -0.1) is 0 Å². The number of hydrogen-bond acceptors (Lipinski definition) is 3. The molecule has 0 saturated carbocycles. The van der Waals surface area contributed by atoms with Crippen molar-refractivity contribution in [3.05, 3.63) is 41.9 Å². The number of rotatable bonds is 1. The maximum absolute atomic E-state index is 5.83. The van der Waals surface area contributed by atoms with Crippen LogP contribution in [0.3, 0.4) is 0 Å². The molecule has 3 rings (SSSR count). The van der Waals surface area contributed by atoms with Crippen LogP contribution < -0.4 is 5.73 Å². The van der Waals surface area contributed by atoms with Gasteiger partial charge in [-0.3, -0.25) is 0 Å². The maximum atomic E-state index is 5.83. The predicted octanol–water partition coefficient (Wildman–Crippen LogP) is 2.86. The monoisotopic (exact) mass is 244 g/mol. The Labute approximate surface area is 102 Å². The van der Waals surface area contributed by atoms with Gasteiger partial charge < -0.3 is 10.7 Å². The number of benzene rings is 1. The number of aromatic amines is 1. The lowest BCUT2D eigenvalue weighted by atomic mass is 10.1. The molecule has 0 aliphatic heterocycles. The van der Waals surface area contributed by atoms with Crippen LogP contribution in [0.5, 0.6) is 0 Å². The van der Waals surface area contributed by atoms with E-state index < -0.39 is 0 Å². The fourth-order valence-corrected chi connectivity index (χ4v) is 1.96. The molecule has 0 aliphatic carbocycles. The van der Waals surface area contributed by atoms with Crippen LogP contribution in [0.15, 0.2) is 36.7 Å². The van der Waals surface area contributed by atoms with Gasteiger partial charge in [0.15, 0.2) is 0 Å². The lowest BCUT2D eigenvalue weighted by Crippen LogP contribution is -1.96. The van der Waals surface area contributed by atoms with E-state index in [2.05, 4.69) is 15.0 Å². The summed E-state index contributed by atoms with van der Waals surface area (Å²) in [5, 5.41) is 1.28. The van der Waals surface area contributed by atoms with Gasteiger partial charge in [0, 0.05) is 23.5 Å². The van der Waals surface area contributed by atoms with Crippen molar-refractivity contribution in [1.29, 1.82) is 0 Å². The number of nitrogen functional groups attached to an aromatic ring is 1. The average molecular weight is 245 g/mol. The standard InChI is InChI=1S/C12H9ClN4/c13-12-16-6-9(11(14)17-12)7-1-2-10-8(5-7)3-4-15-10/h1-6,15H,(H2,14,16,17). The van der Waals surface area contributed by atoms with E-state index in [1.165, 1.54) is 0 Å². The van der Waals surface area contributed by atoms with Crippen molar-refractivity contribution in [2.45, 2.75) is 0 Å². The molecule has 3 aromatic rings. The van der Waals surface area contributed by atoms with Gasteiger partial charge in [-0.05, 0) is 40.7 Å². The number of aromatic nitrogens is 3. The molecule has 2 heterocycles. The summed E-state index contributed by atoms with van der Waals surface area (Å²) in [6.45, 7) is 0. The molecule has 0 bridgehead atoms. The molecule has 0 unspecified atom stereocenters. The number of fused-ring (bicyclic) bond motifs is 1. The minimum Gasteiger partial charge on any atom is -0.383 e. The number of nitrogens with zero attached hydrogens (tertiary/aromatic N) is 2. The summed E-state index contributed by atoms with van der Waals surface area (Å²) < 4.78 is 0. The summed E-state index contributed by atoms with van der Waals surface area (Å²) in [5.74, 6) is 0.389. The highest BCUT2D eigenvalue weighted by molar-refractivity contribution is 6.28. The van der Waals surface area contributed by atoms with Crippen LogP contribution >= 0.6 is 11.6 Å². The number of halogens is 1. The summed E-state index contributed by atoms with van der Waals surface area (Å²) in [6, 6.07) is 8.01. The summed E-state index contributed by atoms with van der Waals surface area (Å²) in [7, 11) is 0. The van der Waals surface area contributed by atoms with E-state index in [1.807, 2.05) is 30.5 Å². The van der Waals surface area contributed by atoms with Crippen molar-refractivity contribution >= 4 is 28.3 Å². The zero-order valence-electron chi connectivity index (χ0n) is 8.81. The van der Waals surface area contributed by atoms with E-state index in [9.17, 15) is 0 Å². The Kier molecular flexibility index (Phi) is 2.23. The third-order valence-electron chi connectivity index (χ3n) is 2.65. The molecule has 0 aliphatic rings. The molecule has 84 valence electrons. The summed E-state index contributed by atoms with van der Waals surface area (Å²) in [4.78, 5) is 11.0. The lowest BCUT2D eigenvalue weighted by molar-refractivity contribution is 1.18. The van der Waals surface area contributed by atoms with Crippen LogP contribution in [0.2, 0.25) is 5.28 Å². The fourth-order valence-electron chi connectivity index (χ4n) is 1.82. The molecule has 3 N–H and O–H groups in total. The minimum absolute atomic E-state index is 0.161. The second-order valence-corrected chi connectivity index (χ2v) is 4.06. The summed E-state index contributed by atoms with van der Waals surface area (Å²) >= 11 is 5.67. The smallest absolute Gasteiger partial charge is 0.224 e. The Morgan fingerprint density at radius 1 is 1.24 bits per heavy atom. The largest absolute Gasteiger partial charge is 0.383 e. The number of nitrogens with one attached hydrogen (secondary N) is 1. The third kappa shape index (κ3) is 1.72. The Hall–Kier alpha value is -2.07. The third-order valence-corrected chi connectivity index (χ3v) is 2.84. The molecular formula is C12H9ClN4. The Bertz CT molecular complexity index is 690. The van der Waals surface area contributed by atoms with Gasteiger partial charge in [0.05, 0.1) is 0 Å². The first-order valence-electron chi connectivity index (χ1n) is 5.09. The van der Waals surface area contributed by atoms with E-state index in [1.54, 1.807) is 6.20 Å². The van der Waals surface area contributed by atoms with E-state index >= 15 is 0 Å². The number of H-pyrrole nitrogens is 1. The van der Waals surface area contributed by atoms with Crippen molar-refractivity contribution in [2.24, 2.45) is 0 Å². The van der Waals surface area contributed by atoms with Gasteiger partial charge in [-0.1, -0.05) is 6.07 Å². The molecule has 1 aromatic carbocycles. The van der Waals surface area contributed by atoms with Crippen LogP contribution in [0.25, 0.3) is 22.0 Å². The number of hydrogen-bond donors (Lipinski definition) is 2. The van der Waals surface area contributed by atoms with Gasteiger partial charge in [-0.25, -0.2) is 9.97 Å². The fraction of sp³-hybridized carbons (Fsp3) is 0. The van der Waals surface area contributed by atoms with Crippen LogP contribution in [-0.4, -0.2) is 15.0 Å². The molecule has 17 heavy (non-hydrogen) atoms. The van der Waals surface area contributed by atoms with Gasteiger partial charge >= 0.3 is 0 Å². The Morgan fingerprint density at radius 2 is 2.12 bits per heavy atom. The molecule has 0 atom stereocenters. The van der Waals surface area contributed by atoms with E-state index in [0.717, 1.165) is 22.0 Å². The van der Waals surface area contributed by atoms with Crippen LogP contribution in [0, 0.1) is 0 Å². The quantitative estimate of drug-likeness (QED) is 0.647. The van der Waals surface area contributed by atoms with E-state index in [4.69, 9.17) is 17.3 Å². The molecule has 0 spiro atoms. The van der Waals surface area contributed by atoms with Crippen LogP contribution in [0.1, 0.15) is 0 Å². The topological polar surface area (TPSA) is 67.6 Å². The zero-order chi connectivity index (χ0) is 11.8. The highest BCUT2D eigenvalue weighted by Crippen LogP contribution is 2.27. The molecule has 4 nitrogen and oxygen atoms in total. The number of anilines is 1. The van der Waals surface area contributed by atoms with Crippen molar-refractivity contribution in [2.75, 3.05) is 5.73 Å².